The highest BCUT2D eigenvalue weighted by Crippen LogP contribution is 2.35. The monoisotopic (exact) mass is 329 g/mol. The van der Waals surface area contributed by atoms with Gasteiger partial charge < -0.3 is 10.0 Å². The number of nitro groups is 1. The van der Waals surface area contributed by atoms with E-state index < -0.39 is 16.4 Å². The minimum Gasteiger partial charge on any atom is -0.386 e. The Bertz CT molecular complexity index is 670. The van der Waals surface area contributed by atoms with E-state index in [4.69, 9.17) is 17.6 Å². The van der Waals surface area contributed by atoms with Crippen LogP contribution in [0.15, 0.2) is 35.4 Å². The number of nitrogen functional groups attached to an aromatic ring is 1. The van der Waals surface area contributed by atoms with E-state index in [0.717, 1.165) is 23.5 Å². The topological polar surface area (TPSA) is 91.3 Å². The lowest BCUT2D eigenvalue weighted by Gasteiger charge is -2.06. The Kier molecular flexibility index (Phi) is 4.81. The smallest absolute Gasteiger partial charge is 0.304 e. The molecule has 2 rings (SSSR count). The van der Waals surface area contributed by atoms with Crippen LogP contribution in [0.2, 0.25) is 0 Å². The zero-order valence-electron chi connectivity index (χ0n) is 10.5. The van der Waals surface area contributed by atoms with Gasteiger partial charge >= 0.3 is 5.69 Å². The zero-order valence-corrected chi connectivity index (χ0v) is 12.0. The van der Waals surface area contributed by atoms with Gasteiger partial charge in [0.2, 0.25) is 0 Å². The Labute approximate surface area is 128 Å². The van der Waals surface area contributed by atoms with Crippen LogP contribution in [0.3, 0.4) is 0 Å². The number of hydrogen-bond donors (Lipinski definition) is 1. The van der Waals surface area contributed by atoms with Crippen molar-refractivity contribution >= 4 is 35.1 Å². The van der Waals surface area contributed by atoms with Crippen molar-refractivity contribution in [1.29, 1.82) is 0 Å². The zero-order chi connectivity index (χ0) is 15.4. The fourth-order valence-corrected chi connectivity index (χ4v) is 2.65. The molecule has 0 unspecified atom stereocenters. The molecule has 1 heterocycles. The number of halogens is 2. The van der Waals surface area contributed by atoms with E-state index >= 15 is 0 Å². The fourth-order valence-electron chi connectivity index (χ4n) is 1.53. The number of nitrogens with two attached hydrogens (primary N) is 1. The Morgan fingerprint density at radius 1 is 1.43 bits per heavy atom. The predicted molar refractivity (Wildman–Crippen MR) is 77.7 cm³/mol. The second-order valence-electron chi connectivity index (χ2n) is 3.94. The molecule has 1 aromatic carbocycles. The summed E-state index contributed by atoms with van der Waals surface area (Å²) in [7, 11) is 0. The first-order valence-electron chi connectivity index (χ1n) is 5.61. The SMILES string of the molecule is Nc1ncc([N+](=O)[O-])c(SCc2ccc(OCl)cc2)c1F. The van der Waals surface area contributed by atoms with Crippen LogP contribution in [0.1, 0.15) is 5.56 Å². The van der Waals surface area contributed by atoms with Gasteiger partial charge in [-0.1, -0.05) is 12.1 Å². The molecule has 0 saturated carbocycles. The maximum atomic E-state index is 13.9. The molecule has 0 aliphatic rings. The largest absolute Gasteiger partial charge is 0.386 e. The molecule has 0 aliphatic carbocycles. The summed E-state index contributed by atoms with van der Waals surface area (Å²) in [4.78, 5) is 13.5. The van der Waals surface area contributed by atoms with Crippen molar-refractivity contribution in [2.75, 3.05) is 5.73 Å². The summed E-state index contributed by atoms with van der Waals surface area (Å²) in [6.07, 6.45) is 0.950. The molecular weight excluding hydrogens is 321 g/mol. The maximum Gasteiger partial charge on any atom is 0.304 e. The molecule has 0 spiro atoms. The molecule has 0 radical (unpaired) electrons. The summed E-state index contributed by atoms with van der Waals surface area (Å²) in [5.74, 6) is -0.455. The first kappa shape index (κ1) is 15.3. The lowest BCUT2D eigenvalue weighted by molar-refractivity contribution is -0.388. The molecule has 110 valence electrons. The molecule has 21 heavy (non-hydrogen) atoms. The normalized spacial score (nSPS) is 10.4. The number of thioether (sulfide) groups is 1. The second kappa shape index (κ2) is 6.59. The highest BCUT2D eigenvalue weighted by atomic mass is 35.5. The van der Waals surface area contributed by atoms with Gasteiger partial charge in [-0.3, -0.25) is 10.1 Å². The summed E-state index contributed by atoms with van der Waals surface area (Å²) in [6.45, 7) is 0. The third kappa shape index (κ3) is 3.53. The average molecular weight is 330 g/mol. The van der Waals surface area contributed by atoms with Crippen molar-refractivity contribution in [1.82, 2.24) is 4.98 Å². The standard InChI is InChI=1S/C12H9ClFN3O3S/c13-20-8-3-1-7(2-4-8)6-21-11-9(17(18)19)5-16-12(15)10(11)14/h1-5H,6H2,(H2,15,16). The molecule has 6 nitrogen and oxygen atoms in total. The first-order chi connectivity index (χ1) is 10.0. The van der Waals surface area contributed by atoms with Crippen LogP contribution in [0.25, 0.3) is 0 Å². The van der Waals surface area contributed by atoms with Crippen molar-refractivity contribution in [3.05, 3.63) is 52.0 Å². The molecule has 0 aliphatic heterocycles. The average Bonchev–Trinajstić information content (AvgIpc) is 2.49. The molecule has 0 amide bonds. The molecule has 2 N–H and O–H groups in total. The maximum absolute atomic E-state index is 13.9. The van der Waals surface area contributed by atoms with E-state index in [0.29, 0.717) is 11.5 Å². The van der Waals surface area contributed by atoms with Crippen LogP contribution in [-0.2, 0) is 5.75 Å². The second-order valence-corrected chi connectivity index (χ2v) is 5.08. The van der Waals surface area contributed by atoms with Crippen LogP contribution >= 0.6 is 23.6 Å². The van der Waals surface area contributed by atoms with E-state index in [1.54, 1.807) is 24.3 Å². The number of aromatic nitrogens is 1. The van der Waals surface area contributed by atoms with Crippen LogP contribution in [-0.4, -0.2) is 9.91 Å². The van der Waals surface area contributed by atoms with E-state index in [2.05, 4.69) is 9.27 Å². The quantitative estimate of drug-likeness (QED) is 0.512. The molecule has 0 fully saturated rings. The lowest BCUT2D eigenvalue weighted by atomic mass is 10.2. The van der Waals surface area contributed by atoms with E-state index in [9.17, 15) is 14.5 Å². The highest BCUT2D eigenvalue weighted by molar-refractivity contribution is 7.98. The summed E-state index contributed by atoms with van der Waals surface area (Å²) in [6, 6.07) is 6.71. The van der Waals surface area contributed by atoms with Crippen LogP contribution in [0.5, 0.6) is 5.75 Å². The lowest BCUT2D eigenvalue weighted by Crippen LogP contribution is -2.01. The van der Waals surface area contributed by atoms with Gasteiger partial charge in [-0.15, -0.1) is 11.8 Å². The van der Waals surface area contributed by atoms with Gasteiger partial charge in [0, 0.05) is 5.75 Å². The van der Waals surface area contributed by atoms with Gasteiger partial charge in [0.1, 0.15) is 28.7 Å². The number of rotatable bonds is 5. The molecule has 9 heteroatoms. The molecule has 0 bridgehead atoms. The van der Waals surface area contributed by atoms with Crippen molar-refractivity contribution in [3.63, 3.8) is 0 Å². The van der Waals surface area contributed by atoms with E-state index in [-0.39, 0.29) is 10.7 Å². The minimum atomic E-state index is -0.880. The predicted octanol–water partition coefficient (Wildman–Crippen LogP) is 3.54. The Morgan fingerprint density at radius 3 is 2.67 bits per heavy atom. The van der Waals surface area contributed by atoms with E-state index in [1.165, 1.54) is 0 Å². The number of hydrogen-bond acceptors (Lipinski definition) is 6. The third-order valence-corrected chi connectivity index (χ3v) is 3.91. The van der Waals surface area contributed by atoms with Crippen molar-refractivity contribution in [2.45, 2.75) is 10.6 Å². The van der Waals surface area contributed by atoms with Crippen molar-refractivity contribution in [2.24, 2.45) is 0 Å². The Morgan fingerprint density at radius 2 is 2.10 bits per heavy atom. The summed E-state index contributed by atoms with van der Waals surface area (Å²) in [5, 5.41) is 10.9. The van der Waals surface area contributed by atoms with Gasteiger partial charge in [-0.05, 0) is 17.7 Å². The summed E-state index contributed by atoms with van der Waals surface area (Å²) < 4.78 is 18.4. The minimum absolute atomic E-state index is 0.134. The molecule has 0 saturated heterocycles. The fraction of sp³-hybridized carbons (Fsp3) is 0.0833. The van der Waals surface area contributed by atoms with Crippen LogP contribution < -0.4 is 10.0 Å². The third-order valence-electron chi connectivity index (χ3n) is 2.58. The van der Waals surface area contributed by atoms with Gasteiger partial charge in [0.05, 0.1) is 4.92 Å². The number of nitrogens with zero attached hydrogens (tertiary/aromatic N) is 2. The van der Waals surface area contributed by atoms with Gasteiger partial charge in [-0.2, -0.15) is 0 Å². The van der Waals surface area contributed by atoms with Crippen LogP contribution in [0.4, 0.5) is 15.9 Å². The van der Waals surface area contributed by atoms with Crippen LogP contribution in [0, 0.1) is 15.9 Å². The van der Waals surface area contributed by atoms with Gasteiger partial charge in [0.15, 0.2) is 11.6 Å². The Balaban J connectivity index is 2.22. The number of anilines is 1. The van der Waals surface area contributed by atoms with Crippen molar-refractivity contribution < 1.29 is 13.6 Å². The molecular formula is C12H9ClFN3O3S. The molecule has 1 aromatic heterocycles. The van der Waals surface area contributed by atoms with Gasteiger partial charge in [0.25, 0.3) is 0 Å². The summed E-state index contributed by atoms with van der Waals surface area (Å²) in [5.41, 5.74) is 5.75. The number of pyridine rings is 1. The first-order valence-corrected chi connectivity index (χ1v) is 6.91. The summed E-state index contributed by atoms with van der Waals surface area (Å²) >= 11 is 6.17. The molecule has 2 aromatic rings. The number of benzene rings is 1. The van der Waals surface area contributed by atoms with Gasteiger partial charge in [-0.25, -0.2) is 9.37 Å². The Hall–Kier alpha value is -2.06. The van der Waals surface area contributed by atoms with E-state index in [1.807, 2.05) is 0 Å². The highest BCUT2D eigenvalue weighted by Gasteiger charge is 2.22. The molecule has 0 atom stereocenters. The van der Waals surface area contributed by atoms with Crippen molar-refractivity contribution in [3.8, 4) is 5.75 Å².